The van der Waals surface area contributed by atoms with Crippen LogP contribution < -0.4 is 9.25 Å². The summed E-state index contributed by atoms with van der Waals surface area (Å²) in [5.74, 6) is 0. The SMILES string of the molecule is Cc1ccc(N(NS(=O)(=O)c2ccccc2)[SH](=O)=O)cc1. The van der Waals surface area contributed by atoms with Crippen molar-refractivity contribution in [1.82, 2.24) is 4.83 Å². The monoisotopic (exact) mass is 326 g/mol. The number of rotatable bonds is 5. The second-order valence-electron chi connectivity index (χ2n) is 4.29. The first-order valence-electron chi connectivity index (χ1n) is 5.99. The van der Waals surface area contributed by atoms with E-state index in [-0.39, 0.29) is 10.6 Å². The first-order valence-corrected chi connectivity index (χ1v) is 8.60. The van der Waals surface area contributed by atoms with Crippen LogP contribution in [0.5, 0.6) is 0 Å². The Morgan fingerprint density at radius 2 is 1.52 bits per heavy atom. The molecule has 0 saturated heterocycles. The molecule has 0 spiro atoms. The minimum atomic E-state index is -3.97. The molecule has 0 atom stereocenters. The summed E-state index contributed by atoms with van der Waals surface area (Å²) in [5.41, 5.74) is 1.15. The van der Waals surface area contributed by atoms with Gasteiger partial charge in [-0.1, -0.05) is 35.9 Å². The smallest absolute Gasteiger partial charge is 0.208 e. The predicted molar refractivity (Wildman–Crippen MR) is 80.7 cm³/mol. The molecule has 0 amide bonds. The van der Waals surface area contributed by atoms with E-state index in [1.54, 1.807) is 30.3 Å². The maximum absolute atomic E-state index is 12.2. The number of hydrogen-bond donors (Lipinski definition) is 2. The molecule has 0 unspecified atom stereocenters. The molecule has 0 heterocycles. The van der Waals surface area contributed by atoms with E-state index >= 15 is 0 Å². The predicted octanol–water partition coefficient (Wildman–Crippen LogP) is 1.22. The Morgan fingerprint density at radius 3 is 2.05 bits per heavy atom. The van der Waals surface area contributed by atoms with Crippen LogP contribution >= 0.6 is 0 Å². The summed E-state index contributed by atoms with van der Waals surface area (Å²) in [4.78, 5) is 2.04. The zero-order valence-corrected chi connectivity index (χ0v) is 12.8. The van der Waals surface area contributed by atoms with Crippen LogP contribution in [0.4, 0.5) is 5.69 Å². The fourth-order valence-corrected chi connectivity index (χ4v) is 3.50. The highest BCUT2D eigenvalue weighted by Gasteiger charge is 2.20. The summed E-state index contributed by atoms with van der Waals surface area (Å²) in [6.07, 6.45) is 0. The lowest BCUT2D eigenvalue weighted by Crippen LogP contribution is -2.41. The third kappa shape index (κ3) is 3.81. The summed E-state index contributed by atoms with van der Waals surface area (Å²) in [7, 11) is -7.13. The molecule has 2 rings (SSSR count). The molecule has 6 nitrogen and oxygen atoms in total. The molecule has 0 aliphatic heterocycles. The molecule has 8 heteroatoms. The number of hydrogen-bond acceptors (Lipinski definition) is 4. The van der Waals surface area contributed by atoms with Crippen molar-refractivity contribution in [3.05, 3.63) is 60.2 Å². The molecule has 21 heavy (non-hydrogen) atoms. The number of hydrazine groups is 1. The molecule has 2 aromatic carbocycles. The van der Waals surface area contributed by atoms with E-state index in [1.807, 2.05) is 6.92 Å². The Balaban J connectivity index is 2.35. The summed E-state index contributed by atoms with van der Waals surface area (Å²) < 4.78 is 47.6. The molecule has 0 aliphatic rings. The zero-order valence-electron chi connectivity index (χ0n) is 11.1. The highest BCUT2D eigenvalue weighted by atomic mass is 32.2. The molecule has 1 N–H and O–H groups in total. The fraction of sp³-hybridized carbons (Fsp3) is 0.0769. The highest BCUT2D eigenvalue weighted by molar-refractivity contribution is 7.90. The van der Waals surface area contributed by atoms with Gasteiger partial charge in [0, 0.05) is 0 Å². The van der Waals surface area contributed by atoms with E-state index in [4.69, 9.17) is 0 Å². The molecule has 0 bridgehead atoms. The van der Waals surface area contributed by atoms with E-state index in [0.29, 0.717) is 4.41 Å². The van der Waals surface area contributed by atoms with Gasteiger partial charge in [-0.3, -0.25) is 0 Å². The molecule has 2 aromatic rings. The third-order valence-corrected chi connectivity index (χ3v) is 4.81. The molecule has 112 valence electrons. The van der Waals surface area contributed by atoms with Gasteiger partial charge >= 0.3 is 0 Å². The van der Waals surface area contributed by atoms with Crippen molar-refractivity contribution < 1.29 is 16.8 Å². The standard InChI is InChI=1S/C13H14N2O4S2/c1-11-7-9-12(10-8-11)15(20(16)17)14-21(18,19)13-5-3-2-4-6-13/h2-10,14,20H,1H3. The Labute approximate surface area is 125 Å². The van der Waals surface area contributed by atoms with Crippen LogP contribution in [0.1, 0.15) is 5.56 Å². The molecular weight excluding hydrogens is 312 g/mol. The lowest BCUT2D eigenvalue weighted by atomic mass is 10.2. The fourth-order valence-electron chi connectivity index (χ4n) is 1.63. The first-order chi connectivity index (χ1) is 9.90. The molecule has 0 saturated carbocycles. The van der Waals surface area contributed by atoms with Crippen LogP contribution in [-0.4, -0.2) is 16.8 Å². The third-order valence-electron chi connectivity index (χ3n) is 2.70. The minimum absolute atomic E-state index is 0.0149. The van der Waals surface area contributed by atoms with E-state index in [1.165, 1.54) is 24.3 Å². The number of anilines is 1. The lowest BCUT2D eigenvalue weighted by Gasteiger charge is -2.18. The lowest BCUT2D eigenvalue weighted by molar-refractivity contribution is 0.577. The number of thiol groups is 1. The van der Waals surface area contributed by atoms with E-state index in [2.05, 4.69) is 4.83 Å². The van der Waals surface area contributed by atoms with Gasteiger partial charge in [0.05, 0.1) is 10.6 Å². The van der Waals surface area contributed by atoms with Gasteiger partial charge in [0.15, 0.2) is 0 Å². The van der Waals surface area contributed by atoms with Gasteiger partial charge in [0.1, 0.15) is 0 Å². The van der Waals surface area contributed by atoms with Gasteiger partial charge in [-0.25, -0.2) is 16.8 Å². The van der Waals surface area contributed by atoms with Crippen molar-refractivity contribution in [3.63, 3.8) is 0 Å². The number of benzene rings is 2. The van der Waals surface area contributed by atoms with Gasteiger partial charge in [-0.05, 0) is 31.2 Å². The first kappa shape index (κ1) is 15.5. The van der Waals surface area contributed by atoms with Crippen molar-refractivity contribution in [2.45, 2.75) is 11.8 Å². The van der Waals surface area contributed by atoms with Crippen molar-refractivity contribution in [1.29, 1.82) is 0 Å². The largest absolute Gasteiger partial charge is 0.258 e. The van der Waals surface area contributed by atoms with Gasteiger partial charge in [-0.2, -0.15) is 4.41 Å². The van der Waals surface area contributed by atoms with Gasteiger partial charge in [0.25, 0.3) is 10.0 Å². The van der Waals surface area contributed by atoms with E-state index < -0.39 is 20.9 Å². The Kier molecular flexibility index (Phi) is 4.61. The minimum Gasteiger partial charge on any atom is -0.208 e. The average Bonchev–Trinajstić information content (AvgIpc) is 2.47. The number of nitrogens with one attached hydrogen (secondary N) is 1. The topological polar surface area (TPSA) is 83.6 Å². The van der Waals surface area contributed by atoms with Crippen LogP contribution in [0.15, 0.2) is 59.5 Å². The van der Waals surface area contributed by atoms with Crippen molar-refractivity contribution in [3.8, 4) is 0 Å². The van der Waals surface area contributed by atoms with Crippen molar-refractivity contribution in [2.24, 2.45) is 0 Å². The molecule has 0 aromatic heterocycles. The second-order valence-corrected chi connectivity index (χ2v) is 6.83. The number of sulfonamides is 1. The molecular formula is C13H14N2O4S2. The van der Waals surface area contributed by atoms with E-state index in [0.717, 1.165) is 5.56 Å². The molecule has 0 aliphatic carbocycles. The van der Waals surface area contributed by atoms with Crippen molar-refractivity contribution in [2.75, 3.05) is 4.41 Å². The maximum Gasteiger partial charge on any atom is 0.258 e. The van der Waals surface area contributed by atoms with Crippen LogP contribution in [-0.2, 0) is 20.9 Å². The second kappa shape index (κ2) is 6.25. The van der Waals surface area contributed by atoms with Crippen LogP contribution in [0.3, 0.4) is 0 Å². The van der Waals surface area contributed by atoms with Crippen molar-refractivity contribution >= 4 is 26.6 Å². The van der Waals surface area contributed by atoms with Crippen LogP contribution in [0.2, 0.25) is 0 Å². The number of aryl methyl sites for hydroxylation is 1. The Hall–Kier alpha value is -1.90. The van der Waals surface area contributed by atoms with Crippen LogP contribution in [0.25, 0.3) is 0 Å². The summed E-state index contributed by atoms with van der Waals surface area (Å²) in [6.45, 7) is 1.85. The maximum atomic E-state index is 12.2. The summed E-state index contributed by atoms with van der Waals surface area (Å²) >= 11 is 0. The Bertz CT molecular complexity index is 777. The van der Waals surface area contributed by atoms with E-state index in [9.17, 15) is 16.8 Å². The normalized spacial score (nSPS) is 11.5. The van der Waals surface area contributed by atoms with Gasteiger partial charge < -0.3 is 0 Å². The quantitative estimate of drug-likeness (QED) is 0.639. The van der Waals surface area contributed by atoms with Crippen LogP contribution in [0, 0.1) is 6.92 Å². The van der Waals surface area contributed by atoms with Gasteiger partial charge in [-0.15, -0.1) is 4.83 Å². The number of nitrogens with zero attached hydrogens (tertiary/aromatic N) is 1. The van der Waals surface area contributed by atoms with Gasteiger partial charge in [0.2, 0.25) is 10.9 Å². The Morgan fingerprint density at radius 1 is 0.952 bits per heavy atom. The molecule has 0 fully saturated rings. The highest BCUT2D eigenvalue weighted by Crippen LogP contribution is 2.16. The average molecular weight is 326 g/mol. The zero-order chi connectivity index (χ0) is 15.5. The summed E-state index contributed by atoms with van der Waals surface area (Å²) in [6, 6.07) is 14.0. The summed E-state index contributed by atoms with van der Waals surface area (Å²) in [5, 5.41) is 0. The molecule has 0 radical (unpaired) electrons.